The van der Waals surface area contributed by atoms with Gasteiger partial charge in [-0.3, -0.25) is 4.79 Å². The third kappa shape index (κ3) is 3.45. The van der Waals surface area contributed by atoms with Crippen LogP contribution in [-0.2, 0) is 0 Å². The molecule has 0 unspecified atom stereocenters. The molecule has 1 N–H and O–H groups in total. The molecular formula is C14H12N2O2. The monoisotopic (exact) mass is 240 g/mol. The molecule has 2 rings (SSSR count). The number of carbonyl (C=O) groups excluding carboxylic acids is 1. The highest BCUT2D eigenvalue weighted by Gasteiger charge is 2.00. The number of hydrogen-bond acceptors (Lipinski definition) is 3. The Morgan fingerprint density at radius 3 is 2.72 bits per heavy atom. The summed E-state index contributed by atoms with van der Waals surface area (Å²) in [5, 5.41) is 3.79. The van der Waals surface area contributed by atoms with Gasteiger partial charge in [0.25, 0.3) is 5.91 Å². The molecule has 4 heteroatoms. The van der Waals surface area contributed by atoms with Crippen LogP contribution in [0.2, 0.25) is 0 Å². The predicted molar refractivity (Wildman–Crippen MR) is 70.1 cm³/mol. The molecule has 0 aliphatic carbocycles. The number of benzene rings is 1. The first-order valence-corrected chi connectivity index (χ1v) is 5.45. The number of hydrogen-bond donors (Lipinski definition) is 1. The van der Waals surface area contributed by atoms with E-state index in [1.165, 1.54) is 6.21 Å². The van der Waals surface area contributed by atoms with E-state index in [9.17, 15) is 4.79 Å². The second-order valence-corrected chi connectivity index (χ2v) is 3.46. The van der Waals surface area contributed by atoms with Crippen LogP contribution in [-0.4, -0.2) is 12.1 Å². The van der Waals surface area contributed by atoms with Crippen molar-refractivity contribution in [2.75, 3.05) is 0 Å². The lowest BCUT2D eigenvalue weighted by atomic mass is 10.2. The number of nitrogens with one attached hydrogen (secondary N) is 1. The van der Waals surface area contributed by atoms with Gasteiger partial charge in [0.15, 0.2) is 0 Å². The Morgan fingerprint density at radius 2 is 2.00 bits per heavy atom. The van der Waals surface area contributed by atoms with Crippen molar-refractivity contribution in [1.29, 1.82) is 0 Å². The summed E-state index contributed by atoms with van der Waals surface area (Å²) in [4.78, 5) is 11.6. The van der Waals surface area contributed by atoms with Crippen LogP contribution >= 0.6 is 0 Å². The van der Waals surface area contributed by atoms with Crippen LogP contribution in [0.3, 0.4) is 0 Å². The van der Waals surface area contributed by atoms with Gasteiger partial charge in [0.1, 0.15) is 5.76 Å². The third-order valence-electron chi connectivity index (χ3n) is 2.17. The minimum Gasteiger partial charge on any atom is -0.465 e. The Labute approximate surface area is 105 Å². The summed E-state index contributed by atoms with van der Waals surface area (Å²) in [6.07, 6.45) is 6.51. The summed E-state index contributed by atoms with van der Waals surface area (Å²) in [7, 11) is 0. The average molecular weight is 240 g/mol. The second-order valence-electron chi connectivity index (χ2n) is 3.46. The summed E-state index contributed by atoms with van der Waals surface area (Å²) in [6, 6.07) is 12.5. The minimum atomic E-state index is -0.238. The Balaban J connectivity index is 1.83. The van der Waals surface area contributed by atoms with Crippen LogP contribution < -0.4 is 5.43 Å². The average Bonchev–Trinajstić information content (AvgIpc) is 2.92. The quantitative estimate of drug-likeness (QED) is 0.659. The highest BCUT2D eigenvalue weighted by atomic mass is 16.3. The number of hydrazone groups is 1. The lowest BCUT2D eigenvalue weighted by Crippen LogP contribution is -2.16. The Morgan fingerprint density at radius 1 is 1.17 bits per heavy atom. The van der Waals surface area contributed by atoms with Crippen molar-refractivity contribution in [3.05, 3.63) is 66.1 Å². The fraction of sp³-hybridized carbons (Fsp3) is 0. The molecule has 1 heterocycles. The Kier molecular flexibility index (Phi) is 4.08. The first-order valence-electron chi connectivity index (χ1n) is 5.45. The largest absolute Gasteiger partial charge is 0.465 e. The summed E-state index contributed by atoms with van der Waals surface area (Å²) in [5.74, 6) is 0.495. The molecular weight excluding hydrogens is 228 g/mol. The van der Waals surface area contributed by atoms with Crippen LogP contribution in [0.1, 0.15) is 16.1 Å². The van der Waals surface area contributed by atoms with Crippen LogP contribution in [0, 0.1) is 0 Å². The smallest absolute Gasteiger partial charge is 0.271 e. The second kappa shape index (κ2) is 6.20. The molecule has 0 bridgehead atoms. The number of allylic oxidation sites excluding steroid dienone is 1. The SMILES string of the molecule is O=C(N/N=C/C=C/c1ccco1)c1ccccc1. The van der Waals surface area contributed by atoms with E-state index < -0.39 is 0 Å². The van der Waals surface area contributed by atoms with Crippen LogP contribution in [0.25, 0.3) is 6.08 Å². The zero-order valence-electron chi connectivity index (χ0n) is 9.61. The predicted octanol–water partition coefficient (Wildman–Crippen LogP) is 2.71. The first-order chi connectivity index (χ1) is 8.86. The molecule has 0 spiro atoms. The maximum absolute atomic E-state index is 11.6. The van der Waals surface area contributed by atoms with Gasteiger partial charge in [-0.05, 0) is 36.4 Å². The molecule has 1 amide bonds. The molecule has 1 aromatic heterocycles. The van der Waals surface area contributed by atoms with Crippen LogP contribution in [0.4, 0.5) is 0 Å². The molecule has 0 saturated heterocycles. The summed E-state index contributed by atoms with van der Waals surface area (Å²) in [6.45, 7) is 0. The van der Waals surface area contributed by atoms with Gasteiger partial charge >= 0.3 is 0 Å². The highest BCUT2D eigenvalue weighted by Crippen LogP contribution is 2.01. The van der Waals surface area contributed by atoms with E-state index in [-0.39, 0.29) is 5.91 Å². The molecule has 0 atom stereocenters. The lowest BCUT2D eigenvalue weighted by Gasteiger charge is -1.97. The van der Waals surface area contributed by atoms with Crippen LogP contribution in [0.15, 0.2) is 64.3 Å². The fourth-order valence-corrected chi connectivity index (χ4v) is 1.32. The lowest BCUT2D eigenvalue weighted by molar-refractivity contribution is 0.0955. The van der Waals surface area contributed by atoms with Gasteiger partial charge in [-0.1, -0.05) is 18.2 Å². The van der Waals surface area contributed by atoms with Crippen molar-refractivity contribution >= 4 is 18.2 Å². The van der Waals surface area contributed by atoms with Crippen molar-refractivity contribution in [1.82, 2.24) is 5.43 Å². The maximum atomic E-state index is 11.6. The van der Waals surface area contributed by atoms with E-state index in [0.717, 1.165) is 5.76 Å². The van der Waals surface area contributed by atoms with Gasteiger partial charge in [-0.15, -0.1) is 0 Å². The minimum absolute atomic E-state index is 0.238. The number of carbonyl (C=O) groups is 1. The molecule has 2 aromatic rings. The Hall–Kier alpha value is -2.62. The van der Waals surface area contributed by atoms with Gasteiger partial charge in [-0.25, -0.2) is 5.43 Å². The topological polar surface area (TPSA) is 54.6 Å². The van der Waals surface area contributed by atoms with Gasteiger partial charge < -0.3 is 4.42 Å². The number of rotatable bonds is 4. The number of furan rings is 1. The molecule has 4 nitrogen and oxygen atoms in total. The van der Waals surface area contributed by atoms with Crippen molar-refractivity contribution in [2.24, 2.45) is 5.10 Å². The molecule has 0 radical (unpaired) electrons. The van der Waals surface area contributed by atoms with Gasteiger partial charge in [0, 0.05) is 11.8 Å². The zero-order valence-corrected chi connectivity index (χ0v) is 9.61. The van der Waals surface area contributed by atoms with Gasteiger partial charge in [0.2, 0.25) is 0 Å². The standard InChI is InChI=1S/C14H12N2O2/c17-14(12-6-2-1-3-7-12)16-15-10-4-8-13-9-5-11-18-13/h1-11H,(H,16,17)/b8-4+,15-10+. The van der Waals surface area contributed by atoms with Crippen molar-refractivity contribution in [3.8, 4) is 0 Å². The maximum Gasteiger partial charge on any atom is 0.271 e. The van der Waals surface area contributed by atoms with Crippen molar-refractivity contribution < 1.29 is 9.21 Å². The van der Waals surface area contributed by atoms with Crippen molar-refractivity contribution in [3.63, 3.8) is 0 Å². The first kappa shape index (κ1) is 11.9. The number of amides is 1. The molecule has 18 heavy (non-hydrogen) atoms. The summed E-state index contributed by atoms with van der Waals surface area (Å²) in [5.41, 5.74) is 3.00. The summed E-state index contributed by atoms with van der Waals surface area (Å²) < 4.78 is 5.09. The molecule has 0 aliphatic heterocycles. The highest BCUT2D eigenvalue weighted by molar-refractivity contribution is 5.94. The molecule has 90 valence electrons. The normalized spacial score (nSPS) is 11.1. The molecule has 0 saturated carbocycles. The Bertz CT molecular complexity index is 542. The van der Waals surface area contributed by atoms with Crippen molar-refractivity contribution in [2.45, 2.75) is 0 Å². The number of nitrogens with zero attached hydrogens (tertiary/aromatic N) is 1. The zero-order chi connectivity index (χ0) is 12.6. The third-order valence-corrected chi connectivity index (χ3v) is 2.17. The van der Waals surface area contributed by atoms with E-state index in [1.54, 1.807) is 48.7 Å². The summed E-state index contributed by atoms with van der Waals surface area (Å²) >= 11 is 0. The molecule has 0 aliphatic rings. The van der Waals surface area contributed by atoms with E-state index in [0.29, 0.717) is 5.56 Å². The van der Waals surface area contributed by atoms with E-state index in [2.05, 4.69) is 10.5 Å². The molecule has 1 aromatic carbocycles. The van der Waals surface area contributed by atoms with E-state index >= 15 is 0 Å². The fourth-order valence-electron chi connectivity index (χ4n) is 1.32. The van der Waals surface area contributed by atoms with Gasteiger partial charge in [0.05, 0.1) is 6.26 Å². The molecule has 0 fully saturated rings. The van der Waals surface area contributed by atoms with E-state index in [1.807, 2.05) is 12.1 Å². The van der Waals surface area contributed by atoms with Crippen LogP contribution in [0.5, 0.6) is 0 Å². The van der Waals surface area contributed by atoms with E-state index in [4.69, 9.17) is 4.42 Å². The van der Waals surface area contributed by atoms with Gasteiger partial charge in [-0.2, -0.15) is 5.10 Å².